The van der Waals surface area contributed by atoms with Crippen molar-refractivity contribution in [2.75, 3.05) is 13.1 Å². The zero-order chi connectivity index (χ0) is 8.39. The predicted molar refractivity (Wildman–Crippen MR) is 54.0 cm³/mol. The molecule has 0 bridgehead atoms. The number of nitrogens with two attached hydrogens (primary N) is 1. The van der Waals surface area contributed by atoms with Crippen molar-refractivity contribution >= 4 is 11.9 Å². The summed E-state index contributed by atoms with van der Waals surface area (Å²) >= 11 is 1.56. The highest BCUT2D eigenvalue weighted by Gasteiger charge is 2.28. The van der Waals surface area contributed by atoms with Crippen molar-refractivity contribution in [2.45, 2.75) is 43.4 Å². The fourth-order valence-corrected chi connectivity index (χ4v) is 2.61. The summed E-state index contributed by atoms with van der Waals surface area (Å²) < 4.78 is 0. The molecule has 2 nitrogen and oxygen atoms in total. The molecule has 2 N–H and O–H groups in total. The quantitative estimate of drug-likeness (QED) is 0.664. The molecule has 2 aliphatic rings. The molecule has 3 heteroatoms. The van der Waals surface area contributed by atoms with Crippen molar-refractivity contribution < 1.29 is 0 Å². The molecule has 1 aliphatic carbocycles. The molecule has 1 saturated carbocycles. The van der Waals surface area contributed by atoms with E-state index >= 15 is 0 Å². The van der Waals surface area contributed by atoms with Crippen LogP contribution in [0.2, 0.25) is 0 Å². The molecule has 0 aromatic carbocycles. The van der Waals surface area contributed by atoms with Crippen LogP contribution >= 0.6 is 11.9 Å². The summed E-state index contributed by atoms with van der Waals surface area (Å²) in [4.78, 5) is 2.66. The second kappa shape index (κ2) is 3.99. The highest BCUT2D eigenvalue weighted by Crippen LogP contribution is 2.29. The van der Waals surface area contributed by atoms with Gasteiger partial charge in [-0.2, -0.15) is 0 Å². The van der Waals surface area contributed by atoms with E-state index in [0.717, 1.165) is 11.3 Å². The third-order valence-electron chi connectivity index (χ3n) is 3.26. The van der Waals surface area contributed by atoms with Crippen LogP contribution in [0.25, 0.3) is 0 Å². The minimum absolute atomic E-state index is 0.737. The first kappa shape index (κ1) is 8.85. The van der Waals surface area contributed by atoms with Crippen LogP contribution < -0.4 is 5.14 Å². The fourth-order valence-electron chi connectivity index (χ4n) is 2.13. The van der Waals surface area contributed by atoms with Gasteiger partial charge in [0.2, 0.25) is 0 Å². The highest BCUT2D eigenvalue weighted by molar-refractivity contribution is 7.97. The van der Waals surface area contributed by atoms with Gasteiger partial charge in [0, 0.05) is 11.3 Å². The fraction of sp³-hybridized carbons (Fsp3) is 1.00. The Morgan fingerprint density at radius 3 is 2.17 bits per heavy atom. The van der Waals surface area contributed by atoms with Gasteiger partial charge in [0.15, 0.2) is 0 Å². The molecule has 0 atom stereocenters. The van der Waals surface area contributed by atoms with Crippen LogP contribution in [-0.2, 0) is 0 Å². The Labute approximate surface area is 79.0 Å². The average Bonchev–Trinajstić information content (AvgIpc) is 2.03. The maximum atomic E-state index is 5.57. The number of nitrogens with zero attached hydrogens (tertiary/aromatic N) is 1. The molecule has 0 aromatic rings. The number of hydrogen-bond acceptors (Lipinski definition) is 3. The van der Waals surface area contributed by atoms with E-state index in [9.17, 15) is 0 Å². The molecule has 0 spiro atoms. The van der Waals surface area contributed by atoms with E-state index in [1.165, 1.54) is 45.2 Å². The molecule has 0 amide bonds. The Kier molecular flexibility index (Phi) is 2.94. The third-order valence-corrected chi connectivity index (χ3v) is 4.12. The SMILES string of the molecule is NSC1CCN(C2CCC2)CC1. The lowest BCUT2D eigenvalue weighted by molar-refractivity contribution is 0.107. The van der Waals surface area contributed by atoms with Crippen LogP contribution in [0.1, 0.15) is 32.1 Å². The van der Waals surface area contributed by atoms with Crippen LogP contribution in [0.5, 0.6) is 0 Å². The van der Waals surface area contributed by atoms with Crippen molar-refractivity contribution in [1.82, 2.24) is 4.90 Å². The van der Waals surface area contributed by atoms with E-state index in [4.69, 9.17) is 5.14 Å². The summed E-state index contributed by atoms with van der Waals surface area (Å²) in [6.07, 6.45) is 6.95. The largest absolute Gasteiger partial charge is 0.300 e. The molecular formula is C9H18N2S. The molecule has 0 unspecified atom stereocenters. The van der Waals surface area contributed by atoms with Gasteiger partial charge < -0.3 is 4.90 Å². The summed E-state index contributed by atoms with van der Waals surface area (Å²) in [5, 5.41) is 6.31. The molecule has 1 aliphatic heterocycles. The van der Waals surface area contributed by atoms with Crippen LogP contribution in [0.3, 0.4) is 0 Å². The first-order valence-electron chi connectivity index (χ1n) is 5.00. The topological polar surface area (TPSA) is 29.3 Å². The number of piperidine rings is 1. The summed E-state index contributed by atoms with van der Waals surface area (Å²) in [5.41, 5.74) is 0. The highest BCUT2D eigenvalue weighted by atomic mass is 32.2. The van der Waals surface area contributed by atoms with Gasteiger partial charge in [0.05, 0.1) is 0 Å². The molecule has 0 aromatic heterocycles. The number of likely N-dealkylation sites (tertiary alicyclic amines) is 1. The Hall–Kier alpha value is 0.270. The lowest BCUT2D eigenvalue weighted by Gasteiger charge is -2.41. The van der Waals surface area contributed by atoms with E-state index in [2.05, 4.69) is 4.90 Å². The summed E-state index contributed by atoms with van der Waals surface area (Å²) in [6.45, 7) is 2.58. The Morgan fingerprint density at radius 2 is 1.75 bits per heavy atom. The van der Waals surface area contributed by atoms with Gasteiger partial charge in [-0.05, 0) is 38.8 Å². The number of rotatable bonds is 2. The lowest BCUT2D eigenvalue weighted by atomic mass is 9.90. The molecule has 1 heterocycles. The molecule has 12 heavy (non-hydrogen) atoms. The summed E-state index contributed by atoms with van der Waals surface area (Å²) in [5.74, 6) is 0. The first-order valence-corrected chi connectivity index (χ1v) is 5.94. The Bertz CT molecular complexity index is 139. The Balaban J connectivity index is 1.74. The minimum atomic E-state index is 0.737. The lowest BCUT2D eigenvalue weighted by Crippen LogP contribution is -2.45. The zero-order valence-corrected chi connectivity index (χ0v) is 8.35. The molecule has 1 saturated heterocycles. The van der Waals surface area contributed by atoms with E-state index in [1.807, 2.05) is 0 Å². The van der Waals surface area contributed by atoms with E-state index < -0.39 is 0 Å². The van der Waals surface area contributed by atoms with Crippen LogP contribution in [0, 0.1) is 0 Å². The monoisotopic (exact) mass is 186 g/mol. The minimum Gasteiger partial charge on any atom is -0.300 e. The van der Waals surface area contributed by atoms with Gasteiger partial charge in [0.1, 0.15) is 0 Å². The van der Waals surface area contributed by atoms with Gasteiger partial charge >= 0.3 is 0 Å². The van der Waals surface area contributed by atoms with Crippen molar-refractivity contribution in [2.24, 2.45) is 5.14 Å². The van der Waals surface area contributed by atoms with Gasteiger partial charge in [-0.3, -0.25) is 5.14 Å². The molecular weight excluding hydrogens is 168 g/mol. The zero-order valence-electron chi connectivity index (χ0n) is 7.54. The normalized spacial score (nSPS) is 28.8. The van der Waals surface area contributed by atoms with Gasteiger partial charge in [0.25, 0.3) is 0 Å². The summed E-state index contributed by atoms with van der Waals surface area (Å²) in [6, 6.07) is 0.939. The van der Waals surface area contributed by atoms with Crippen molar-refractivity contribution in [3.8, 4) is 0 Å². The molecule has 0 radical (unpaired) electrons. The van der Waals surface area contributed by atoms with Gasteiger partial charge in [-0.25, -0.2) is 0 Å². The van der Waals surface area contributed by atoms with Gasteiger partial charge in [-0.15, -0.1) is 0 Å². The van der Waals surface area contributed by atoms with Crippen LogP contribution in [0.15, 0.2) is 0 Å². The second-order valence-corrected chi connectivity index (χ2v) is 4.89. The maximum Gasteiger partial charge on any atom is 0.0215 e. The maximum absolute atomic E-state index is 5.57. The molecule has 2 fully saturated rings. The first-order chi connectivity index (χ1) is 5.90. The summed E-state index contributed by atoms with van der Waals surface area (Å²) in [7, 11) is 0. The standard InChI is InChI=1S/C9H18N2S/c10-12-9-4-6-11(7-5-9)8-2-1-3-8/h8-9H,1-7,10H2. The van der Waals surface area contributed by atoms with Crippen molar-refractivity contribution in [3.05, 3.63) is 0 Å². The second-order valence-electron chi connectivity index (χ2n) is 3.96. The van der Waals surface area contributed by atoms with E-state index in [-0.39, 0.29) is 0 Å². The third kappa shape index (κ3) is 1.78. The van der Waals surface area contributed by atoms with Crippen LogP contribution in [-0.4, -0.2) is 29.3 Å². The van der Waals surface area contributed by atoms with Crippen molar-refractivity contribution in [1.29, 1.82) is 0 Å². The molecule has 2 rings (SSSR count). The van der Waals surface area contributed by atoms with E-state index in [0.29, 0.717) is 0 Å². The van der Waals surface area contributed by atoms with Crippen molar-refractivity contribution in [3.63, 3.8) is 0 Å². The van der Waals surface area contributed by atoms with Crippen LogP contribution in [0.4, 0.5) is 0 Å². The average molecular weight is 186 g/mol. The molecule has 70 valence electrons. The smallest absolute Gasteiger partial charge is 0.0215 e. The van der Waals surface area contributed by atoms with E-state index in [1.54, 1.807) is 11.9 Å². The van der Waals surface area contributed by atoms with Gasteiger partial charge in [-0.1, -0.05) is 18.4 Å². The predicted octanol–water partition coefficient (Wildman–Crippen LogP) is 1.61. The number of hydrogen-bond donors (Lipinski definition) is 1. The Morgan fingerprint density at radius 1 is 1.08 bits per heavy atom.